The number of hydrogen-bond acceptors (Lipinski definition) is 2. The fourth-order valence-corrected chi connectivity index (χ4v) is 3.40. The van der Waals surface area contributed by atoms with Crippen LogP contribution in [0.1, 0.15) is 24.0 Å². The van der Waals surface area contributed by atoms with E-state index in [0.717, 1.165) is 30.5 Å². The van der Waals surface area contributed by atoms with E-state index in [9.17, 15) is 18.0 Å². The van der Waals surface area contributed by atoms with Crippen LogP contribution in [0.4, 0.5) is 13.2 Å². The summed E-state index contributed by atoms with van der Waals surface area (Å²) in [6.07, 6.45) is -2.23. The van der Waals surface area contributed by atoms with Gasteiger partial charge in [-0.25, -0.2) is 0 Å². The molecule has 0 aliphatic carbocycles. The van der Waals surface area contributed by atoms with Crippen molar-refractivity contribution in [3.8, 4) is 5.75 Å². The van der Waals surface area contributed by atoms with Crippen molar-refractivity contribution in [1.29, 1.82) is 0 Å². The van der Waals surface area contributed by atoms with E-state index in [1.165, 1.54) is 12.1 Å². The van der Waals surface area contributed by atoms with Crippen LogP contribution < -0.4 is 4.74 Å². The number of carbonyl (C=O) groups excluding carboxylic acids is 1. The second kappa shape index (κ2) is 8.86. The molecule has 2 aromatic rings. The highest BCUT2D eigenvalue weighted by Crippen LogP contribution is 2.30. The van der Waals surface area contributed by atoms with Gasteiger partial charge in [0.2, 0.25) is 5.91 Å². The molecular weight excluding hydrogens is 391 g/mol. The van der Waals surface area contributed by atoms with E-state index in [0.29, 0.717) is 36.9 Å². The van der Waals surface area contributed by atoms with E-state index in [-0.39, 0.29) is 11.8 Å². The van der Waals surface area contributed by atoms with Crippen LogP contribution in [0.2, 0.25) is 5.02 Å². The van der Waals surface area contributed by atoms with E-state index in [2.05, 4.69) is 0 Å². The topological polar surface area (TPSA) is 29.5 Å². The molecule has 1 aliphatic rings. The van der Waals surface area contributed by atoms with E-state index in [1.807, 2.05) is 17.0 Å². The molecule has 150 valence electrons. The molecule has 0 unspecified atom stereocenters. The molecule has 1 amide bonds. The van der Waals surface area contributed by atoms with Gasteiger partial charge in [0.05, 0.1) is 18.6 Å². The van der Waals surface area contributed by atoms with Crippen molar-refractivity contribution in [1.82, 2.24) is 4.90 Å². The molecule has 3 rings (SSSR count). The zero-order valence-corrected chi connectivity index (χ0v) is 16.0. The summed E-state index contributed by atoms with van der Waals surface area (Å²) < 4.78 is 43.5. The molecule has 0 bridgehead atoms. The van der Waals surface area contributed by atoms with Gasteiger partial charge >= 0.3 is 6.18 Å². The largest absolute Gasteiger partial charge is 0.493 e. The number of halogens is 4. The Morgan fingerprint density at radius 1 is 1.11 bits per heavy atom. The van der Waals surface area contributed by atoms with Gasteiger partial charge in [-0.3, -0.25) is 4.79 Å². The van der Waals surface area contributed by atoms with Crippen molar-refractivity contribution in [2.45, 2.75) is 25.4 Å². The third-order valence-electron chi connectivity index (χ3n) is 4.81. The quantitative estimate of drug-likeness (QED) is 0.675. The van der Waals surface area contributed by atoms with Crippen molar-refractivity contribution in [3.63, 3.8) is 0 Å². The summed E-state index contributed by atoms with van der Waals surface area (Å²) >= 11 is 5.87. The smallest absolute Gasteiger partial charge is 0.416 e. The Morgan fingerprint density at radius 2 is 1.79 bits per heavy atom. The Bertz CT molecular complexity index is 791. The number of amides is 1. The maximum Gasteiger partial charge on any atom is 0.416 e. The van der Waals surface area contributed by atoms with Gasteiger partial charge in [-0.15, -0.1) is 0 Å². The molecule has 1 fully saturated rings. The number of nitrogens with zero attached hydrogens (tertiary/aromatic N) is 1. The molecule has 1 heterocycles. The highest BCUT2D eigenvalue weighted by Gasteiger charge is 2.30. The van der Waals surface area contributed by atoms with Crippen molar-refractivity contribution in [2.24, 2.45) is 5.92 Å². The normalized spacial score (nSPS) is 17.4. The number of likely N-dealkylation sites (tertiary alicyclic amines) is 1. The van der Waals surface area contributed by atoms with Crippen molar-refractivity contribution < 1.29 is 22.7 Å². The monoisotopic (exact) mass is 411 g/mol. The second-order valence-corrected chi connectivity index (χ2v) is 7.42. The maximum atomic E-state index is 12.6. The van der Waals surface area contributed by atoms with E-state index in [1.54, 1.807) is 12.1 Å². The highest BCUT2D eigenvalue weighted by molar-refractivity contribution is 6.30. The average molecular weight is 412 g/mol. The van der Waals surface area contributed by atoms with E-state index < -0.39 is 11.7 Å². The average Bonchev–Trinajstić information content (AvgIpc) is 2.68. The zero-order chi connectivity index (χ0) is 20.1. The Hall–Kier alpha value is -2.21. The van der Waals surface area contributed by atoms with Crippen LogP contribution in [0.25, 0.3) is 0 Å². The number of carbonyl (C=O) groups is 1. The Kier molecular flexibility index (Phi) is 6.50. The lowest BCUT2D eigenvalue weighted by molar-refractivity contribution is -0.137. The molecule has 3 nitrogen and oxygen atoms in total. The standard InChI is InChI=1S/C21H21ClF3NO2/c22-18-7-3-15(4-8-18)12-20(27)26-11-1-2-16(13-26)14-28-19-9-5-17(6-10-19)21(23,24)25/h3-10,16H,1-2,11-14H2/t16-/m1/s1. The first kappa shape index (κ1) is 20.5. The summed E-state index contributed by atoms with van der Waals surface area (Å²) in [7, 11) is 0. The molecule has 0 radical (unpaired) electrons. The van der Waals surface area contributed by atoms with Gasteiger partial charge in [0.25, 0.3) is 0 Å². The Balaban J connectivity index is 1.50. The van der Waals surface area contributed by atoms with Crippen LogP contribution in [0.5, 0.6) is 5.75 Å². The summed E-state index contributed by atoms with van der Waals surface area (Å²) in [6, 6.07) is 11.9. The molecule has 1 saturated heterocycles. The van der Waals surface area contributed by atoms with Crippen LogP contribution >= 0.6 is 11.6 Å². The number of alkyl halides is 3. The molecule has 7 heteroatoms. The van der Waals surface area contributed by atoms with Gasteiger partial charge in [-0.1, -0.05) is 23.7 Å². The summed E-state index contributed by atoms with van der Waals surface area (Å²) in [6.45, 7) is 1.67. The third-order valence-corrected chi connectivity index (χ3v) is 5.06. The van der Waals surface area contributed by atoms with Crippen LogP contribution in [-0.2, 0) is 17.4 Å². The summed E-state index contributed by atoms with van der Waals surface area (Å²) in [5, 5.41) is 0.634. The Morgan fingerprint density at radius 3 is 2.43 bits per heavy atom. The molecule has 0 saturated carbocycles. The minimum atomic E-state index is -4.35. The second-order valence-electron chi connectivity index (χ2n) is 6.98. The van der Waals surface area contributed by atoms with E-state index >= 15 is 0 Å². The van der Waals surface area contributed by atoms with Crippen molar-refractivity contribution >= 4 is 17.5 Å². The van der Waals surface area contributed by atoms with Crippen molar-refractivity contribution in [2.75, 3.05) is 19.7 Å². The van der Waals surface area contributed by atoms with Gasteiger partial charge in [0.15, 0.2) is 0 Å². The predicted molar refractivity (Wildman–Crippen MR) is 101 cm³/mol. The molecule has 1 aliphatic heterocycles. The van der Waals surface area contributed by atoms with Gasteiger partial charge in [-0.2, -0.15) is 13.2 Å². The zero-order valence-electron chi connectivity index (χ0n) is 15.2. The fourth-order valence-electron chi connectivity index (χ4n) is 3.27. The minimum absolute atomic E-state index is 0.0570. The lowest BCUT2D eigenvalue weighted by Gasteiger charge is -2.32. The number of rotatable bonds is 5. The highest BCUT2D eigenvalue weighted by atomic mass is 35.5. The summed E-state index contributed by atoms with van der Waals surface area (Å²) in [4.78, 5) is 14.4. The Labute approximate surface area is 167 Å². The van der Waals surface area contributed by atoms with Gasteiger partial charge in [0, 0.05) is 24.0 Å². The number of ether oxygens (including phenoxy) is 1. The summed E-state index contributed by atoms with van der Waals surface area (Å²) in [5.41, 5.74) is 0.217. The number of piperidine rings is 1. The molecule has 1 atom stereocenters. The molecule has 0 spiro atoms. The van der Waals surface area contributed by atoms with Gasteiger partial charge in [0.1, 0.15) is 5.75 Å². The molecule has 0 N–H and O–H groups in total. The van der Waals surface area contributed by atoms with Crippen LogP contribution in [0, 0.1) is 5.92 Å². The minimum Gasteiger partial charge on any atom is -0.493 e. The summed E-state index contributed by atoms with van der Waals surface area (Å²) in [5.74, 6) is 0.615. The van der Waals surface area contributed by atoms with Gasteiger partial charge < -0.3 is 9.64 Å². The lowest BCUT2D eigenvalue weighted by atomic mass is 9.98. The van der Waals surface area contributed by atoms with Crippen molar-refractivity contribution in [3.05, 3.63) is 64.7 Å². The third kappa shape index (κ3) is 5.64. The molecule has 2 aromatic carbocycles. The first-order valence-corrected chi connectivity index (χ1v) is 9.51. The lowest BCUT2D eigenvalue weighted by Crippen LogP contribution is -2.42. The first-order chi connectivity index (χ1) is 13.3. The van der Waals surface area contributed by atoms with Gasteiger partial charge in [-0.05, 0) is 54.8 Å². The maximum absolute atomic E-state index is 12.6. The SMILES string of the molecule is O=C(Cc1ccc(Cl)cc1)N1CCC[C@@H](COc2ccc(C(F)(F)F)cc2)C1. The number of hydrogen-bond donors (Lipinski definition) is 0. The van der Waals surface area contributed by atoms with E-state index in [4.69, 9.17) is 16.3 Å². The molecule has 0 aromatic heterocycles. The first-order valence-electron chi connectivity index (χ1n) is 9.13. The number of benzene rings is 2. The fraction of sp³-hybridized carbons (Fsp3) is 0.381. The molecular formula is C21H21ClF3NO2. The van der Waals surface area contributed by atoms with Crippen LogP contribution in [0.15, 0.2) is 48.5 Å². The predicted octanol–water partition coefficient (Wildman–Crippen LogP) is 5.22. The van der Waals surface area contributed by atoms with Crippen LogP contribution in [0.3, 0.4) is 0 Å². The molecule has 28 heavy (non-hydrogen) atoms. The van der Waals surface area contributed by atoms with Crippen LogP contribution in [-0.4, -0.2) is 30.5 Å².